The fourth-order valence-electron chi connectivity index (χ4n) is 3.09. The van der Waals surface area contributed by atoms with E-state index >= 15 is 0 Å². The van der Waals surface area contributed by atoms with Crippen molar-refractivity contribution in [3.05, 3.63) is 35.5 Å². The van der Waals surface area contributed by atoms with E-state index in [1.165, 1.54) is 0 Å². The molecule has 1 N–H and O–H groups in total. The number of carbonyl (C=O) groups excluding carboxylic acids is 1. The first-order valence-corrected chi connectivity index (χ1v) is 7.97. The number of methoxy groups -OCH3 is 1. The van der Waals surface area contributed by atoms with Gasteiger partial charge in [0.1, 0.15) is 5.75 Å². The molecule has 6 heteroatoms. The van der Waals surface area contributed by atoms with Gasteiger partial charge >= 0.3 is 5.97 Å². The second-order valence-electron chi connectivity index (χ2n) is 6.08. The molecule has 1 aliphatic rings. The van der Waals surface area contributed by atoms with Crippen LogP contribution in [0.2, 0.25) is 0 Å². The highest BCUT2D eigenvalue weighted by molar-refractivity contribution is 5.99. The number of carboxylic acid groups (broad SMARTS) is 1. The molecule has 1 amide bonds. The Labute approximate surface area is 140 Å². The molecule has 1 saturated heterocycles. The minimum absolute atomic E-state index is 0.0819. The average Bonchev–Trinajstić information content (AvgIpc) is 2.60. The number of pyridine rings is 1. The fourth-order valence-corrected chi connectivity index (χ4v) is 3.09. The molecule has 1 aromatic carbocycles. The van der Waals surface area contributed by atoms with Crippen LogP contribution in [0.4, 0.5) is 0 Å². The van der Waals surface area contributed by atoms with E-state index < -0.39 is 5.97 Å². The zero-order chi connectivity index (χ0) is 17.3. The summed E-state index contributed by atoms with van der Waals surface area (Å²) in [5, 5.41) is 9.94. The summed E-state index contributed by atoms with van der Waals surface area (Å²) >= 11 is 0. The standard InChI is InChI=1S/C18H20N2O4/c1-11-15(9-13-3-4-14(24-2)10-16(13)19-11)17(21)20-7-5-12(6-8-20)18(22)23/h3-4,9-10,12H,5-8H2,1-2H3,(H,22,23). The van der Waals surface area contributed by atoms with Gasteiger partial charge < -0.3 is 14.7 Å². The minimum Gasteiger partial charge on any atom is -0.497 e. The highest BCUT2D eigenvalue weighted by Crippen LogP contribution is 2.24. The van der Waals surface area contributed by atoms with E-state index in [0.29, 0.717) is 37.2 Å². The van der Waals surface area contributed by atoms with E-state index in [9.17, 15) is 9.59 Å². The number of ether oxygens (including phenoxy) is 1. The molecular weight excluding hydrogens is 308 g/mol. The third kappa shape index (κ3) is 3.04. The highest BCUT2D eigenvalue weighted by Gasteiger charge is 2.28. The van der Waals surface area contributed by atoms with Crippen LogP contribution in [0.25, 0.3) is 10.9 Å². The van der Waals surface area contributed by atoms with Gasteiger partial charge in [-0.15, -0.1) is 0 Å². The number of amides is 1. The number of rotatable bonds is 3. The summed E-state index contributed by atoms with van der Waals surface area (Å²) in [4.78, 5) is 30.1. The summed E-state index contributed by atoms with van der Waals surface area (Å²) in [5.41, 5.74) is 2.02. The number of likely N-dealkylation sites (tertiary alicyclic amines) is 1. The van der Waals surface area contributed by atoms with Gasteiger partial charge in [-0.1, -0.05) is 0 Å². The normalized spacial score (nSPS) is 15.5. The van der Waals surface area contributed by atoms with Crippen molar-refractivity contribution in [3.63, 3.8) is 0 Å². The molecule has 2 aromatic rings. The molecule has 0 aliphatic carbocycles. The van der Waals surface area contributed by atoms with Crippen molar-refractivity contribution in [1.82, 2.24) is 9.88 Å². The van der Waals surface area contributed by atoms with Crippen LogP contribution in [0.15, 0.2) is 24.3 Å². The maximum Gasteiger partial charge on any atom is 0.306 e. The molecule has 126 valence electrons. The number of carboxylic acids is 1. The summed E-state index contributed by atoms with van der Waals surface area (Å²) in [5.74, 6) is -0.484. The van der Waals surface area contributed by atoms with Crippen LogP contribution in [0.1, 0.15) is 28.9 Å². The van der Waals surface area contributed by atoms with Gasteiger partial charge in [-0.3, -0.25) is 14.6 Å². The second-order valence-corrected chi connectivity index (χ2v) is 6.08. The van der Waals surface area contributed by atoms with Crippen molar-refractivity contribution >= 4 is 22.8 Å². The van der Waals surface area contributed by atoms with E-state index in [1.807, 2.05) is 31.2 Å². The van der Waals surface area contributed by atoms with Crippen LogP contribution in [0.3, 0.4) is 0 Å². The van der Waals surface area contributed by atoms with Crippen LogP contribution in [-0.4, -0.2) is 47.1 Å². The molecular formula is C18H20N2O4. The van der Waals surface area contributed by atoms with Crippen LogP contribution >= 0.6 is 0 Å². The lowest BCUT2D eigenvalue weighted by atomic mass is 9.96. The minimum atomic E-state index is -0.778. The van der Waals surface area contributed by atoms with Gasteiger partial charge in [-0.25, -0.2) is 0 Å². The summed E-state index contributed by atoms with van der Waals surface area (Å²) in [6.45, 7) is 2.75. The molecule has 1 aliphatic heterocycles. The van der Waals surface area contributed by atoms with Crippen LogP contribution in [0.5, 0.6) is 5.75 Å². The Balaban J connectivity index is 1.85. The molecule has 2 heterocycles. The number of hydrogen-bond acceptors (Lipinski definition) is 4. The molecule has 1 aromatic heterocycles. The first kappa shape index (κ1) is 16.2. The van der Waals surface area contributed by atoms with Gasteiger partial charge in [0.15, 0.2) is 0 Å². The third-order valence-corrected chi connectivity index (χ3v) is 4.58. The molecule has 0 saturated carbocycles. The van der Waals surface area contributed by atoms with Gasteiger partial charge in [0.2, 0.25) is 0 Å². The molecule has 0 bridgehead atoms. The Hall–Kier alpha value is -2.63. The maximum absolute atomic E-state index is 12.8. The number of carbonyl (C=O) groups is 2. The maximum atomic E-state index is 12.8. The highest BCUT2D eigenvalue weighted by atomic mass is 16.5. The Morgan fingerprint density at radius 1 is 1.25 bits per heavy atom. The number of aryl methyl sites for hydroxylation is 1. The topological polar surface area (TPSA) is 79.7 Å². The summed E-state index contributed by atoms with van der Waals surface area (Å²) in [6, 6.07) is 7.41. The molecule has 0 radical (unpaired) electrons. The molecule has 1 fully saturated rings. The lowest BCUT2D eigenvalue weighted by Crippen LogP contribution is -2.40. The Morgan fingerprint density at radius 2 is 1.96 bits per heavy atom. The van der Waals surface area contributed by atoms with E-state index in [1.54, 1.807) is 12.0 Å². The molecule has 3 rings (SSSR count). The quantitative estimate of drug-likeness (QED) is 0.936. The SMILES string of the molecule is COc1ccc2cc(C(=O)N3CCC(C(=O)O)CC3)c(C)nc2c1. The van der Waals surface area contributed by atoms with E-state index in [0.717, 1.165) is 16.7 Å². The van der Waals surface area contributed by atoms with Crippen LogP contribution < -0.4 is 4.74 Å². The Bertz CT molecular complexity index is 795. The van der Waals surface area contributed by atoms with E-state index in [-0.39, 0.29) is 11.8 Å². The van der Waals surface area contributed by atoms with Crippen molar-refractivity contribution in [1.29, 1.82) is 0 Å². The van der Waals surface area contributed by atoms with Crippen LogP contribution in [0, 0.1) is 12.8 Å². The van der Waals surface area contributed by atoms with Crippen LogP contribution in [-0.2, 0) is 4.79 Å². The predicted molar refractivity (Wildman–Crippen MR) is 89.3 cm³/mol. The smallest absolute Gasteiger partial charge is 0.306 e. The number of hydrogen-bond donors (Lipinski definition) is 1. The second kappa shape index (κ2) is 6.47. The zero-order valence-electron chi connectivity index (χ0n) is 13.8. The van der Waals surface area contributed by atoms with Crippen molar-refractivity contribution < 1.29 is 19.4 Å². The Kier molecular flexibility index (Phi) is 4.38. The number of piperidine rings is 1. The number of aromatic nitrogens is 1. The number of benzene rings is 1. The van der Waals surface area contributed by atoms with Crippen molar-refractivity contribution in [2.24, 2.45) is 5.92 Å². The van der Waals surface area contributed by atoms with Gasteiger partial charge in [0.25, 0.3) is 5.91 Å². The number of aliphatic carboxylic acids is 1. The lowest BCUT2D eigenvalue weighted by molar-refractivity contribution is -0.143. The summed E-state index contributed by atoms with van der Waals surface area (Å²) in [6.07, 6.45) is 0.997. The van der Waals surface area contributed by atoms with Crippen molar-refractivity contribution in [2.45, 2.75) is 19.8 Å². The molecule has 0 atom stereocenters. The monoisotopic (exact) mass is 328 g/mol. The van der Waals surface area contributed by atoms with Gasteiger partial charge in [0, 0.05) is 24.5 Å². The first-order valence-electron chi connectivity index (χ1n) is 7.97. The van der Waals surface area contributed by atoms with Crippen molar-refractivity contribution in [3.8, 4) is 5.75 Å². The predicted octanol–water partition coefficient (Wildman–Crippen LogP) is 2.49. The zero-order valence-corrected chi connectivity index (χ0v) is 13.8. The van der Waals surface area contributed by atoms with Gasteiger partial charge in [-0.2, -0.15) is 0 Å². The lowest BCUT2D eigenvalue weighted by Gasteiger charge is -2.30. The number of fused-ring (bicyclic) bond motifs is 1. The van der Waals surface area contributed by atoms with Gasteiger partial charge in [-0.05, 0) is 38.0 Å². The third-order valence-electron chi connectivity index (χ3n) is 4.58. The number of nitrogens with zero attached hydrogens (tertiary/aromatic N) is 2. The molecule has 0 spiro atoms. The summed E-state index contributed by atoms with van der Waals surface area (Å²) < 4.78 is 5.20. The van der Waals surface area contributed by atoms with E-state index in [2.05, 4.69) is 4.98 Å². The first-order chi connectivity index (χ1) is 11.5. The Morgan fingerprint density at radius 3 is 2.58 bits per heavy atom. The largest absolute Gasteiger partial charge is 0.497 e. The molecule has 6 nitrogen and oxygen atoms in total. The summed E-state index contributed by atoms with van der Waals surface area (Å²) in [7, 11) is 1.60. The fraction of sp³-hybridized carbons (Fsp3) is 0.389. The molecule has 24 heavy (non-hydrogen) atoms. The van der Waals surface area contributed by atoms with E-state index in [4.69, 9.17) is 9.84 Å². The van der Waals surface area contributed by atoms with Gasteiger partial charge in [0.05, 0.1) is 29.8 Å². The average molecular weight is 328 g/mol. The molecule has 0 unspecified atom stereocenters. The van der Waals surface area contributed by atoms with Crippen molar-refractivity contribution in [2.75, 3.05) is 20.2 Å².